The lowest BCUT2D eigenvalue weighted by atomic mass is 10.1. The number of nitrogens with one attached hydrogen (secondary N) is 2. The number of carbonyl (C=O) groups is 2. The van der Waals surface area contributed by atoms with E-state index < -0.39 is 5.91 Å². The Morgan fingerprint density at radius 2 is 2.09 bits per heavy atom. The number of hydrogen-bond donors (Lipinski definition) is 3. The van der Waals surface area contributed by atoms with Crippen molar-refractivity contribution in [1.82, 2.24) is 15.0 Å². The lowest BCUT2D eigenvalue weighted by Crippen LogP contribution is -2.17. The van der Waals surface area contributed by atoms with Crippen LogP contribution in [0.25, 0.3) is 11.0 Å². The van der Waals surface area contributed by atoms with Gasteiger partial charge in [0.1, 0.15) is 12.0 Å². The second kappa shape index (κ2) is 5.88. The molecule has 0 spiro atoms. The first-order valence-corrected chi connectivity index (χ1v) is 7.02. The minimum Gasteiger partial charge on any atom is -0.366 e. The van der Waals surface area contributed by atoms with E-state index in [9.17, 15) is 9.59 Å². The number of benzene rings is 1. The zero-order chi connectivity index (χ0) is 16.4. The highest BCUT2D eigenvalue weighted by molar-refractivity contribution is 5.98. The summed E-state index contributed by atoms with van der Waals surface area (Å²) in [5.74, 6) is -0.763. The molecular formula is C16H15N5O2. The number of primary amides is 1. The molecule has 0 unspecified atom stereocenters. The molecule has 3 aromatic rings. The third-order valence-electron chi connectivity index (χ3n) is 3.56. The van der Waals surface area contributed by atoms with Crippen LogP contribution in [-0.2, 0) is 11.2 Å². The number of anilines is 1. The molecule has 116 valence electrons. The van der Waals surface area contributed by atoms with Gasteiger partial charge in [-0.05, 0) is 30.7 Å². The Morgan fingerprint density at radius 3 is 2.87 bits per heavy atom. The van der Waals surface area contributed by atoms with Gasteiger partial charge in [-0.2, -0.15) is 0 Å². The molecule has 7 heteroatoms. The smallest absolute Gasteiger partial charge is 0.248 e. The number of aromatic nitrogens is 3. The fraction of sp³-hybridized carbons (Fsp3) is 0.125. The number of rotatable bonds is 4. The molecule has 2 amide bonds. The monoisotopic (exact) mass is 309 g/mol. The van der Waals surface area contributed by atoms with Gasteiger partial charge in [0.05, 0.1) is 12.1 Å². The van der Waals surface area contributed by atoms with Crippen molar-refractivity contribution < 1.29 is 9.59 Å². The van der Waals surface area contributed by atoms with E-state index >= 15 is 0 Å². The van der Waals surface area contributed by atoms with E-state index in [0.29, 0.717) is 22.6 Å². The zero-order valence-corrected chi connectivity index (χ0v) is 12.5. The van der Waals surface area contributed by atoms with E-state index in [0.717, 1.165) is 10.9 Å². The van der Waals surface area contributed by atoms with Crippen molar-refractivity contribution >= 4 is 28.5 Å². The van der Waals surface area contributed by atoms with Crippen LogP contribution >= 0.6 is 0 Å². The molecule has 0 radical (unpaired) electrons. The first-order valence-electron chi connectivity index (χ1n) is 7.02. The predicted molar refractivity (Wildman–Crippen MR) is 85.9 cm³/mol. The summed E-state index contributed by atoms with van der Waals surface area (Å²) in [5, 5.41) is 3.60. The highest BCUT2D eigenvalue weighted by Crippen LogP contribution is 2.18. The summed E-state index contributed by atoms with van der Waals surface area (Å²) in [7, 11) is 0. The van der Waals surface area contributed by atoms with Gasteiger partial charge >= 0.3 is 0 Å². The molecule has 3 rings (SSSR count). The number of H-pyrrole nitrogens is 1. The Morgan fingerprint density at radius 1 is 1.26 bits per heavy atom. The number of hydrogen-bond acceptors (Lipinski definition) is 4. The van der Waals surface area contributed by atoms with Crippen LogP contribution in [0.5, 0.6) is 0 Å². The van der Waals surface area contributed by atoms with Gasteiger partial charge < -0.3 is 16.0 Å². The summed E-state index contributed by atoms with van der Waals surface area (Å²) < 4.78 is 0. The van der Waals surface area contributed by atoms with Gasteiger partial charge in [-0.25, -0.2) is 9.97 Å². The average Bonchev–Trinajstić information content (AvgIpc) is 2.99. The van der Waals surface area contributed by atoms with Gasteiger partial charge in [-0.15, -0.1) is 0 Å². The Kier molecular flexibility index (Phi) is 3.76. The molecule has 0 saturated heterocycles. The summed E-state index contributed by atoms with van der Waals surface area (Å²) in [6.45, 7) is 1.84. The number of amides is 2. The van der Waals surface area contributed by atoms with Gasteiger partial charge in [-0.1, -0.05) is 6.07 Å². The Labute approximate surface area is 131 Å². The average molecular weight is 309 g/mol. The van der Waals surface area contributed by atoms with E-state index in [1.165, 1.54) is 6.33 Å². The highest BCUT2D eigenvalue weighted by atomic mass is 16.2. The van der Waals surface area contributed by atoms with Crippen LogP contribution in [0.3, 0.4) is 0 Å². The van der Waals surface area contributed by atoms with Crippen LogP contribution in [0.1, 0.15) is 21.6 Å². The molecule has 4 N–H and O–H groups in total. The van der Waals surface area contributed by atoms with Gasteiger partial charge in [-0.3, -0.25) is 9.59 Å². The zero-order valence-electron chi connectivity index (χ0n) is 12.5. The fourth-order valence-corrected chi connectivity index (χ4v) is 2.32. The van der Waals surface area contributed by atoms with Crippen LogP contribution in [0.4, 0.5) is 5.69 Å². The normalized spacial score (nSPS) is 10.7. The predicted octanol–water partition coefficient (Wildman–Crippen LogP) is 1.55. The van der Waals surface area contributed by atoms with E-state index in [2.05, 4.69) is 20.3 Å². The molecule has 7 nitrogen and oxygen atoms in total. The summed E-state index contributed by atoms with van der Waals surface area (Å²) >= 11 is 0. The number of nitrogens with zero attached hydrogens (tertiary/aromatic N) is 2. The molecule has 0 bridgehead atoms. The van der Waals surface area contributed by atoms with Crippen molar-refractivity contribution in [2.45, 2.75) is 13.3 Å². The SMILES string of the molecule is Cc1ccc(C(N)=O)cc1NC(=O)Cc1ncnc2[nH]ccc12. The summed E-state index contributed by atoms with van der Waals surface area (Å²) in [4.78, 5) is 34.8. The number of nitrogens with two attached hydrogens (primary N) is 1. The molecule has 0 atom stereocenters. The number of fused-ring (bicyclic) bond motifs is 1. The van der Waals surface area contributed by atoms with Crippen LogP contribution < -0.4 is 11.1 Å². The maximum Gasteiger partial charge on any atom is 0.248 e. The first kappa shape index (κ1) is 14.7. The second-order valence-corrected chi connectivity index (χ2v) is 5.18. The second-order valence-electron chi connectivity index (χ2n) is 5.18. The molecule has 0 aliphatic carbocycles. The number of aromatic amines is 1. The largest absolute Gasteiger partial charge is 0.366 e. The molecule has 2 aromatic heterocycles. The third kappa shape index (κ3) is 3.03. The van der Waals surface area contributed by atoms with Crippen LogP contribution in [-0.4, -0.2) is 26.8 Å². The van der Waals surface area contributed by atoms with E-state index in [1.54, 1.807) is 24.4 Å². The van der Waals surface area contributed by atoms with E-state index in [4.69, 9.17) is 5.73 Å². The van der Waals surface area contributed by atoms with E-state index in [1.807, 2.05) is 13.0 Å². The first-order chi connectivity index (χ1) is 11.0. The minimum absolute atomic E-state index is 0.108. The Bertz CT molecular complexity index is 900. The fourth-order valence-electron chi connectivity index (χ4n) is 2.32. The lowest BCUT2D eigenvalue weighted by molar-refractivity contribution is -0.115. The molecule has 0 saturated carbocycles. The maximum atomic E-state index is 12.3. The number of carbonyl (C=O) groups excluding carboxylic acids is 2. The quantitative estimate of drug-likeness (QED) is 0.678. The topological polar surface area (TPSA) is 114 Å². The third-order valence-corrected chi connectivity index (χ3v) is 3.56. The van der Waals surface area contributed by atoms with Gasteiger partial charge in [0.2, 0.25) is 11.8 Å². The van der Waals surface area contributed by atoms with Crippen molar-refractivity contribution in [3.8, 4) is 0 Å². The van der Waals surface area contributed by atoms with Crippen molar-refractivity contribution in [2.75, 3.05) is 5.32 Å². The Balaban J connectivity index is 1.81. The molecular weight excluding hydrogens is 294 g/mol. The molecule has 0 aliphatic heterocycles. The van der Waals surface area contributed by atoms with Crippen LogP contribution in [0.2, 0.25) is 0 Å². The number of aryl methyl sites for hydroxylation is 1. The van der Waals surface area contributed by atoms with Gasteiger partial charge in [0.15, 0.2) is 0 Å². The van der Waals surface area contributed by atoms with Crippen LogP contribution in [0, 0.1) is 6.92 Å². The molecule has 0 aliphatic rings. The standard InChI is InChI=1S/C16H15N5O2/c1-9-2-3-10(15(17)23)6-12(9)21-14(22)7-13-11-4-5-18-16(11)20-8-19-13/h2-6,8H,7H2,1H3,(H2,17,23)(H,21,22)(H,18,19,20). The van der Waals surface area contributed by atoms with Crippen molar-refractivity contribution in [1.29, 1.82) is 0 Å². The Hall–Kier alpha value is -3.22. The summed E-state index contributed by atoms with van der Waals surface area (Å²) in [6, 6.07) is 6.77. The van der Waals surface area contributed by atoms with Crippen molar-refractivity contribution in [3.63, 3.8) is 0 Å². The molecule has 0 fully saturated rings. The summed E-state index contributed by atoms with van der Waals surface area (Å²) in [5.41, 5.74) is 8.35. The minimum atomic E-state index is -0.537. The molecule has 2 heterocycles. The molecule has 23 heavy (non-hydrogen) atoms. The summed E-state index contributed by atoms with van der Waals surface area (Å²) in [6.07, 6.45) is 3.28. The van der Waals surface area contributed by atoms with Gasteiger partial charge in [0.25, 0.3) is 0 Å². The van der Waals surface area contributed by atoms with Crippen LogP contribution in [0.15, 0.2) is 36.8 Å². The molecule has 1 aromatic carbocycles. The van der Waals surface area contributed by atoms with Crippen molar-refractivity contribution in [2.24, 2.45) is 5.73 Å². The van der Waals surface area contributed by atoms with E-state index in [-0.39, 0.29) is 12.3 Å². The van der Waals surface area contributed by atoms with Crippen molar-refractivity contribution in [3.05, 3.63) is 53.6 Å². The van der Waals surface area contributed by atoms with Gasteiger partial charge in [0, 0.05) is 22.8 Å². The maximum absolute atomic E-state index is 12.3. The lowest BCUT2D eigenvalue weighted by Gasteiger charge is -2.09. The highest BCUT2D eigenvalue weighted by Gasteiger charge is 2.12.